The Bertz CT molecular complexity index is 401. The molecular formula is C10H9ClN2S. The number of anilines is 1. The lowest BCUT2D eigenvalue weighted by Gasteiger charge is -2.24. The molecule has 1 saturated carbocycles. The molecule has 0 N–H and O–H groups in total. The maximum absolute atomic E-state index is 5.94. The second-order valence-corrected chi connectivity index (χ2v) is 4.83. The van der Waals surface area contributed by atoms with E-state index >= 15 is 0 Å². The van der Waals surface area contributed by atoms with Gasteiger partial charge in [0, 0.05) is 23.0 Å². The van der Waals surface area contributed by atoms with Crippen molar-refractivity contribution >= 4 is 35.6 Å². The minimum atomic E-state index is 0.666. The highest BCUT2D eigenvalue weighted by atomic mass is 35.5. The van der Waals surface area contributed by atoms with Crippen molar-refractivity contribution in [2.75, 3.05) is 4.90 Å². The van der Waals surface area contributed by atoms with Crippen LogP contribution >= 0.6 is 23.5 Å². The summed E-state index contributed by atoms with van der Waals surface area (Å²) in [5.41, 5.74) is 1.25. The van der Waals surface area contributed by atoms with E-state index in [0.717, 1.165) is 9.92 Å². The third kappa shape index (κ3) is 1.41. The summed E-state index contributed by atoms with van der Waals surface area (Å²) in [5.74, 6) is 0. The van der Waals surface area contributed by atoms with Gasteiger partial charge in [0.15, 0.2) is 0 Å². The molecular weight excluding hydrogens is 216 g/mol. The first-order valence-corrected chi connectivity index (χ1v) is 5.78. The van der Waals surface area contributed by atoms with Gasteiger partial charge in [0.05, 0.1) is 10.6 Å². The van der Waals surface area contributed by atoms with Crippen LogP contribution in [0.15, 0.2) is 27.5 Å². The molecule has 0 amide bonds. The lowest BCUT2D eigenvalue weighted by Crippen LogP contribution is -2.25. The van der Waals surface area contributed by atoms with E-state index in [1.165, 1.54) is 30.5 Å². The lowest BCUT2D eigenvalue weighted by atomic mass is 10.3. The van der Waals surface area contributed by atoms with Gasteiger partial charge in [-0.3, -0.25) is 0 Å². The van der Waals surface area contributed by atoms with Crippen molar-refractivity contribution < 1.29 is 0 Å². The van der Waals surface area contributed by atoms with E-state index in [-0.39, 0.29) is 0 Å². The van der Waals surface area contributed by atoms with Gasteiger partial charge in [-0.05, 0) is 31.0 Å². The summed E-state index contributed by atoms with van der Waals surface area (Å²) in [6.07, 6.45) is 4.48. The fourth-order valence-electron chi connectivity index (χ4n) is 1.61. The third-order valence-electron chi connectivity index (χ3n) is 2.46. The van der Waals surface area contributed by atoms with E-state index in [4.69, 9.17) is 11.6 Å². The van der Waals surface area contributed by atoms with E-state index < -0.39 is 0 Å². The quantitative estimate of drug-likeness (QED) is 0.680. The number of rotatable bonds is 1. The van der Waals surface area contributed by atoms with E-state index in [9.17, 15) is 0 Å². The van der Waals surface area contributed by atoms with Crippen molar-refractivity contribution in [1.82, 2.24) is 0 Å². The van der Waals surface area contributed by atoms with E-state index in [0.29, 0.717) is 6.04 Å². The minimum absolute atomic E-state index is 0.666. The molecule has 0 spiro atoms. The molecule has 72 valence electrons. The Labute approximate surface area is 92.1 Å². The van der Waals surface area contributed by atoms with Gasteiger partial charge in [-0.25, -0.2) is 4.40 Å². The van der Waals surface area contributed by atoms with Crippen LogP contribution in [0.2, 0.25) is 5.02 Å². The van der Waals surface area contributed by atoms with Gasteiger partial charge in [0.1, 0.15) is 6.34 Å². The normalized spacial score (nSPS) is 19.6. The maximum Gasteiger partial charge on any atom is 0.104 e. The van der Waals surface area contributed by atoms with E-state index in [1.807, 2.05) is 18.5 Å². The van der Waals surface area contributed by atoms with Crippen LogP contribution < -0.4 is 4.90 Å². The molecule has 0 atom stereocenters. The molecule has 0 radical (unpaired) electrons. The molecule has 0 bridgehead atoms. The number of fused-ring (bicyclic) bond motifs is 1. The van der Waals surface area contributed by atoms with E-state index in [1.54, 1.807) is 0 Å². The van der Waals surface area contributed by atoms with Gasteiger partial charge < -0.3 is 4.90 Å². The maximum atomic E-state index is 5.94. The van der Waals surface area contributed by atoms with Crippen molar-refractivity contribution in [1.29, 1.82) is 0 Å². The molecule has 0 saturated heterocycles. The fraction of sp³-hybridized carbons (Fsp3) is 0.300. The van der Waals surface area contributed by atoms with Gasteiger partial charge in [-0.15, -0.1) is 0 Å². The Morgan fingerprint density at radius 1 is 1.43 bits per heavy atom. The van der Waals surface area contributed by atoms with Crippen LogP contribution in [-0.2, 0) is 0 Å². The highest BCUT2D eigenvalue weighted by Gasteiger charge is 2.31. The van der Waals surface area contributed by atoms with Crippen molar-refractivity contribution in [3.8, 4) is 0 Å². The van der Waals surface area contributed by atoms with Crippen molar-refractivity contribution in [3.63, 3.8) is 0 Å². The first-order chi connectivity index (χ1) is 6.84. The van der Waals surface area contributed by atoms with Crippen LogP contribution in [0.5, 0.6) is 0 Å². The van der Waals surface area contributed by atoms with Gasteiger partial charge in [-0.1, -0.05) is 11.6 Å². The molecule has 1 aromatic carbocycles. The second-order valence-electron chi connectivity index (χ2n) is 3.56. The van der Waals surface area contributed by atoms with Gasteiger partial charge >= 0.3 is 0 Å². The zero-order valence-electron chi connectivity index (χ0n) is 7.48. The van der Waals surface area contributed by atoms with Crippen molar-refractivity contribution in [2.45, 2.75) is 23.8 Å². The van der Waals surface area contributed by atoms with Crippen LogP contribution in [0.25, 0.3) is 0 Å². The Kier molecular flexibility index (Phi) is 1.96. The summed E-state index contributed by atoms with van der Waals surface area (Å²) in [7, 11) is 0. The highest BCUT2D eigenvalue weighted by molar-refractivity contribution is 7.98. The zero-order valence-corrected chi connectivity index (χ0v) is 9.05. The summed E-state index contributed by atoms with van der Waals surface area (Å²) in [6.45, 7) is 0. The van der Waals surface area contributed by atoms with Crippen LogP contribution in [0.1, 0.15) is 12.8 Å². The molecule has 0 aromatic heterocycles. The van der Waals surface area contributed by atoms with Crippen LogP contribution in [0.4, 0.5) is 5.69 Å². The summed E-state index contributed by atoms with van der Waals surface area (Å²) in [4.78, 5) is 3.41. The molecule has 1 aliphatic carbocycles. The number of hydrogen-bond acceptors (Lipinski definition) is 3. The number of benzene rings is 1. The number of halogens is 1. The highest BCUT2D eigenvalue weighted by Crippen LogP contribution is 2.40. The fourth-order valence-corrected chi connectivity index (χ4v) is 2.56. The molecule has 1 fully saturated rings. The molecule has 3 rings (SSSR count). The predicted molar refractivity (Wildman–Crippen MR) is 61.3 cm³/mol. The minimum Gasteiger partial charge on any atom is -0.328 e. The summed E-state index contributed by atoms with van der Waals surface area (Å²) >= 11 is 7.43. The average Bonchev–Trinajstić information content (AvgIpc) is 2.99. The zero-order chi connectivity index (χ0) is 9.54. The van der Waals surface area contributed by atoms with Crippen LogP contribution in [-0.4, -0.2) is 12.4 Å². The van der Waals surface area contributed by atoms with Gasteiger partial charge in [0.2, 0.25) is 0 Å². The molecule has 1 aliphatic heterocycles. The molecule has 1 aromatic rings. The average molecular weight is 225 g/mol. The summed E-state index contributed by atoms with van der Waals surface area (Å²) in [5, 5.41) is 0.782. The number of nitrogens with zero attached hydrogens (tertiary/aromatic N) is 2. The summed E-state index contributed by atoms with van der Waals surface area (Å²) in [6, 6.07) is 6.66. The lowest BCUT2D eigenvalue weighted by molar-refractivity contribution is 0.997. The first-order valence-electron chi connectivity index (χ1n) is 4.63. The topological polar surface area (TPSA) is 15.6 Å². The second kappa shape index (κ2) is 3.17. The SMILES string of the molecule is Clc1ccc2c(c1)SN=CN2C1CC1. The molecule has 4 heteroatoms. The standard InChI is InChI=1S/C10H9ClN2S/c11-7-1-4-9-10(5-7)14-12-6-13(9)8-2-3-8/h1,4-6,8H,2-3H2. The molecule has 2 aliphatic rings. The Morgan fingerprint density at radius 3 is 3.07 bits per heavy atom. The molecule has 14 heavy (non-hydrogen) atoms. The largest absolute Gasteiger partial charge is 0.328 e. The smallest absolute Gasteiger partial charge is 0.104 e. The van der Waals surface area contributed by atoms with E-state index in [2.05, 4.69) is 15.4 Å². The van der Waals surface area contributed by atoms with Crippen LogP contribution in [0.3, 0.4) is 0 Å². The van der Waals surface area contributed by atoms with Crippen molar-refractivity contribution in [3.05, 3.63) is 23.2 Å². The Balaban J connectivity index is 2.04. The predicted octanol–water partition coefficient (Wildman–Crippen LogP) is 3.36. The third-order valence-corrected chi connectivity index (χ3v) is 3.42. The van der Waals surface area contributed by atoms with Crippen molar-refractivity contribution in [2.24, 2.45) is 4.40 Å². The Hall–Kier alpha value is -0.670. The molecule has 2 nitrogen and oxygen atoms in total. The molecule has 1 heterocycles. The summed E-state index contributed by atoms with van der Waals surface area (Å²) < 4.78 is 4.26. The molecule has 0 unspecified atom stereocenters. The van der Waals surface area contributed by atoms with Crippen LogP contribution in [0, 0.1) is 0 Å². The number of hydrogen-bond donors (Lipinski definition) is 0. The first kappa shape index (κ1) is 8.62. The van der Waals surface area contributed by atoms with Gasteiger partial charge in [0.25, 0.3) is 0 Å². The Morgan fingerprint density at radius 2 is 2.29 bits per heavy atom. The van der Waals surface area contributed by atoms with Gasteiger partial charge in [-0.2, -0.15) is 0 Å². The monoisotopic (exact) mass is 224 g/mol.